The molecule has 0 aromatic heterocycles. The molecular weight excluding hydrogens is 343 g/mol. The van der Waals surface area contributed by atoms with Crippen molar-refractivity contribution >= 4 is 23.2 Å². The standard InChI is InChI=1S/C22H25O3P/c1-2-3-16-26(20-10-4-17(23)5-11-20,21-12-6-18(24)7-13-21)22-14-8-19(25)9-15-22/h4-15,23-26H,2-3,16H2,1H3. The van der Waals surface area contributed by atoms with E-state index in [9.17, 15) is 15.3 Å². The zero-order valence-electron chi connectivity index (χ0n) is 14.9. The molecule has 0 fully saturated rings. The fourth-order valence-electron chi connectivity index (χ4n) is 3.61. The molecule has 0 heterocycles. The molecule has 0 aliphatic carbocycles. The molecule has 0 spiro atoms. The predicted molar refractivity (Wildman–Crippen MR) is 111 cm³/mol. The van der Waals surface area contributed by atoms with Crippen LogP contribution >= 0.6 is 7.26 Å². The van der Waals surface area contributed by atoms with Crippen molar-refractivity contribution in [1.82, 2.24) is 0 Å². The molecule has 26 heavy (non-hydrogen) atoms. The van der Waals surface area contributed by atoms with E-state index in [1.54, 1.807) is 36.4 Å². The molecule has 0 unspecified atom stereocenters. The molecule has 0 saturated carbocycles. The van der Waals surface area contributed by atoms with Gasteiger partial charge >= 0.3 is 154 Å². The normalized spacial score (nSPS) is 12.0. The van der Waals surface area contributed by atoms with Gasteiger partial charge in [-0.25, -0.2) is 0 Å². The molecule has 0 amide bonds. The quantitative estimate of drug-likeness (QED) is 0.582. The number of unbranched alkanes of at least 4 members (excludes halogenated alkanes) is 1. The first-order valence-corrected chi connectivity index (χ1v) is 11.2. The van der Waals surface area contributed by atoms with Gasteiger partial charge in [0.15, 0.2) is 0 Å². The van der Waals surface area contributed by atoms with E-state index in [0.717, 1.165) is 19.0 Å². The number of phenolic OH excluding ortho intramolecular Hbond substituents is 3. The van der Waals surface area contributed by atoms with Crippen LogP contribution in [0.25, 0.3) is 0 Å². The summed E-state index contributed by atoms with van der Waals surface area (Å²) in [6.45, 7) is 2.18. The van der Waals surface area contributed by atoms with Crippen molar-refractivity contribution in [1.29, 1.82) is 0 Å². The zero-order valence-corrected chi connectivity index (χ0v) is 15.9. The second-order valence-electron chi connectivity index (χ2n) is 6.65. The van der Waals surface area contributed by atoms with Gasteiger partial charge in [-0.3, -0.25) is 0 Å². The Kier molecular flexibility index (Phi) is 5.49. The van der Waals surface area contributed by atoms with Gasteiger partial charge in [0, 0.05) is 0 Å². The number of phenols is 3. The topological polar surface area (TPSA) is 60.7 Å². The van der Waals surface area contributed by atoms with Crippen LogP contribution in [0.2, 0.25) is 0 Å². The van der Waals surface area contributed by atoms with Gasteiger partial charge in [-0.2, -0.15) is 0 Å². The molecule has 3 aromatic rings. The maximum atomic E-state index is 9.76. The number of benzene rings is 3. The van der Waals surface area contributed by atoms with Crippen LogP contribution in [-0.2, 0) is 0 Å². The monoisotopic (exact) mass is 368 g/mol. The molecule has 136 valence electrons. The van der Waals surface area contributed by atoms with Crippen LogP contribution in [0, 0.1) is 0 Å². The summed E-state index contributed by atoms with van der Waals surface area (Å²) in [5.41, 5.74) is 0. The molecule has 0 aliphatic heterocycles. The van der Waals surface area contributed by atoms with Gasteiger partial charge < -0.3 is 0 Å². The first kappa shape index (κ1) is 18.3. The van der Waals surface area contributed by atoms with Gasteiger partial charge in [-0.15, -0.1) is 0 Å². The van der Waals surface area contributed by atoms with E-state index in [1.807, 2.05) is 36.4 Å². The number of aromatic hydroxyl groups is 3. The Bertz CT molecular complexity index is 729. The summed E-state index contributed by atoms with van der Waals surface area (Å²) in [6.07, 6.45) is 3.18. The van der Waals surface area contributed by atoms with Crippen molar-refractivity contribution in [2.75, 3.05) is 6.16 Å². The van der Waals surface area contributed by atoms with Crippen molar-refractivity contribution in [2.24, 2.45) is 0 Å². The summed E-state index contributed by atoms with van der Waals surface area (Å²) in [7, 11) is -2.35. The van der Waals surface area contributed by atoms with Crippen molar-refractivity contribution < 1.29 is 15.3 Å². The SMILES string of the molecule is CCCC[PH](c1ccc(O)cc1)(c1ccc(O)cc1)c1ccc(O)cc1. The Labute approximate surface area is 154 Å². The van der Waals surface area contributed by atoms with Gasteiger partial charge in [0.2, 0.25) is 0 Å². The van der Waals surface area contributed by atoms with Gasteiger partial charge in [-0.1, -0.05) is 0 Å². The van der Waals surface area contributed by atoms with E-state index >= 15 is 0 Å². The number of rotatable bonds is 6. The Balaban J connectivity index is 2.27. The fraction of sp³-hybridized carbons (Fsp3) is 0.182. The fourth-order valence-corrected chi connectivity index (χ4v) is 8.57. The Morgan fingerprint density at radius 1 is 0.577 bits per heavy atom. The molecule has 3 N–H and O–H groups in total. The first-order chi connectivity index (χ1) is 12.6. The van der Waals surface area contributed by atoms with Gasteiger partial charge in [0.1, 0.15) is 0 Å². The van der Waals surface area contributed by atoms with E-state index < -0.39 is 7.26 Å². The minimum atomic E-state index is -2.35. The van der Waals surface area contributed by atoms with Gasteiger partial charge in [0.05, 0.1) is 0 Å². The molecule has 0 bridgehead atoms. The van der Waals surface area contributed by atoms with Crippen LogP contribution in [0.15, 0.2) is 72.8 Å². The number of hydrogen-bond donors (Lipinski definition) is 3. The third-order valence-electron chi connectivity index (χ3n) is 4.99. The molecule has 3 nitrogen and oxygen atoms in total. The van der Waals surface area contributed by atoms with Crippen LogP contribution in [0.1, 0.15) is 19.8 Å². The molecule has 0 atom stereocenters. The molecule has 0 saturated heterocycles. The summed E-state index contributed by atoms with van der Waals surface area (Å²) in [5.74, 6) is 0.760. The van der Waals surface area contributed by atoms with Crippen LogP contribution in [-0.4, -0.2) is 21.5 Å². The third-order valence-corrected chi connectivity index (χ3v) is 10.0. The average molecular weight is 368 g/mol. The van der Waals surface area contributed by atoms with Crippen molar-refractivity contribution in [3.05, 3.63) is 72.8 Å². The zero-order chi connectivity index (χ0) is 18.6. The number of hydrogen-bond acceptors (Lipinski definition) is 3. The van der Waals surface area contributed by atoms with E-state index in [1.165, 1.54) is 15.9 Å². The second kappa shape index (κ2) is 7.80. The molecule has 3 aromatic carbocycles. The Hall–Kier alpha value is -2.51. The Morgan fingerprint density at radius 3 is 1.15 bits per heavy atom. The van der Waals surface area contributed by atoms with Crippen LogP contribution in [0.5, 0.6) is 17.2 Å². The second-order valence-corrected chi connectivity index (χ2v) is 10.7. The van der Waals surface area contributed by atoms with Crippen molar-refractivity contribution in [3.8, 4) is 17.2 Å². The summed E-state index contributed by atoms with van der Waals surface area (Å²) in [6, 6.07) is 22.5. The van der Waals surface area contributed by atoms with Crippen LogP contribution < -0.4 is 15.9 Å². The van der Waals surface area contributed by atoms with Gasteiger partial charge in [-0.05, 0) is 0 Å². The molecular formula is C22H25O3P. The molecule has 0 radical (unpaired) electrons. The van der Waals surface area contributed by atoms with E-state index in [4.69, 9.17) is 0 Å². The van der Waals surface area contributed by atoms with Crippen LogP contribution in [0.4, 0.5) is 0 Å². The van der Waals surface area contributed by atoms with Crippen molar-refractivity contribution in [2.45, 2.75) is 19.8 Å². The van der Waals surface area contributed by atoms with E-state index in [-0.39, 0.29) is 17.2 Å². The molecule has 4 heteroatoms. The summed E-state index contributed by atoms with van der Waals surface area (Å²) in [4.78, 5) is 0. The minimum absolute atomic E-state index is 0.253. The summed E-state index contributed by atoms with van der Waals surface area (Å²) < 4.78 is 0. The summed E-state index contributed by atoms with van der Waals surface area (Å²) >= 11 is 0. The van der Waals surface area contributed by atoms with E-state index in [0.29, 0.717) is 0 Å². The van der Waals surface area contributed by atoms with Crippen LogP contribution in [0.3, 0.4) is 0 Å². The third kappa shape index (κ3) is 3.54. The molecule has 3 rings (SSSR count). The predicted octanol–water partition coefficient (Wildman–Crippen LogP) is 3.63. The Morgan fingerprint density at radius 2 is 0.885 bits per heavy atom. The maximum absolute atomic E-state index is 9.76. The average Bonchev–Trinajstić information content (AvgIpc) is 2.66. The van der Waals surface area contributed by atoms with Crippen molar-refractivity contribution in [3.63, 3.8) is 0 Å². The van der Waals surface area contributed by atoms with Gasteiger partial charge in [0.25, 0.3) is 0 Å². The van der Waals surface area contributed by atoms with E-state index in [2.05, 4.69) is 6.92 Å². The molecule has 0 aliphatic rings. The summed E-state index contributed by atoms with van der Waals surface area (Å²) in [5, 5.41) is 32.9. The first-order valence-electron chi connectivity index (χ1n) is 8.95.